The summed E-state index contributed by atoms with van der Waals surface area (Å²) in [5, 5.41) is 12.4. The van der Waals surface area contributed by atoms with E-state index in [1.807, 2.05) is 24.3 Å². The molecule has 3 rings (SSSR count). The molecule has 0 bridgehead atoms. The fourth-order valence-corrected chi connectivity index (χ4v) is 3.42. The number of carbonyl (C=O) groups is 1. The van der Waals surface area contributed by atoms with E-state index in [1.165, 1.54) is 17.3 Å². The monoisotopic (exact) mass is 380 g/mol. The topological polar surface area (TPSA) is 59.3 Å². The van der Waals surface area contributed by atoms with Crippen molar-refractivity contribution in [2.45, 2.75) is 18.5 Å². The molecule has 3 aromatic rings. The number of pyridine rings is 1. The summed E-state index contributed by atoms with van der Waals surface area (Å²) in [5.41, 5.74) is 2.48. The Kier molecular flexibility index (Phi) is 5.28. The lowest BCUT2D eigenvalue weighted by Crippen LogP contribution is -2.14. The molecule has 24 heavy (non-hydrogen) atoms. The second kappa shape index (κ2) is 7.42. The number of rotatable bonds is 5. The van der Waals surface area contributed by atoms with Gasteiger partial charge in [0.1, 0.15) is 0 Å². The average Bonchev–Trinajstić information content (AvgIpc) is 2.96. The van der Waals surface area contributed by atoms with Crippen molar-refractivity contribution in [3.63, 3.8) is 0 Å². The van der Waals surface area contributed by atoms with Gasteiger partial charge in [-0.1, -0.05) is 54.0 Å². The zero-order valence-corrected chi connectivity index (χ0v) is 15.1. The number of aryl methyl sites for hydroxylation is 1. The highest BCUT2D eigenvalue weighted by Crippen LogP contribution is 2.25. The van der Waals surface area contributed by atoms with Gasteiger partial charge in [0.2, 0.25) is 5.91 Å². The Morgan fingerprint density at radius 1 is 1.29 bits per heavy atom. The quantitative estimate of drug-likeness (QED) is 0.669. The van der Waals surface area contributed by atoms with Gasteiger partial charge in [0.25, 0.3) is 0 Å². The summed E-state index contributed by atoms with van der Waals surface area (Å²) < 4.78 is 1.68. The molecule has 8 heteroatoms. The molecule has 0 saturated heterocycles. The van der Waals surface area contributed by atoms with Crippen molar-refractivity contribution in [1.82, 2.24) is 14.6 Å². The Hall–Kier alpha value is -1.76. The Balaban J connectivity index is 1.68. The first-order chi connectivity index (χ1) is 11.6. The predicted octanol–water partition coefficient (Wildman–Crippen LogP) is 4.33. The van der Waals surface area contributed by atoms with Gasteiger partial charge in [0, 0.05) is 11.9 Å². The molecule has 5 nitrogen and oxygen atoms in total. The third-order valence-electron chi connectivity index (χ3n) is 3.35. The molecule has 0 saturated carbocycles. The van der Waals surface area contributed by atoms with E-state index in [2.05, 4.69) is 22.4 Å². The molecular formula is C16H14Cl2N4OS. The van der Waals surface area contributed by atoms with Crippen molar-refractivity contribution in [3.8, 4) is 0 Å². The molecule has 0 aliphatic carbocycles. The van der Waals surface area contributed by atoms with Crippen LogP contribution in [-0.2, 0) is 11.2 Å². The van der Waals surface area contributed by atoms with Crippen LogP contribution in [0.1, 0.15) is 12.5 Å². The lowest BCUT2D eigenvalue weighted by molar-refractivity contribution is -0.113. The van der Waals surface area contributed by atoms with Gasteiger partial charge >= 0.3 is 0 Å². The van der Waals surface area contributed by atoms with Crippen molar-refractivity contribution in [2.24, 2.45) is 0 Å². The fraction of sp³-hybridized carbons (Fsp3) is 0.188. The maximum atomic E-state index is 12.1. The van der Waals surface area contributed by atoms with Crippen molar-refractivity contribution in [2.75, 3.05) is 11.1 Å². The molecule has 2 aromatic heterocycles. The highest BCUT2D eigenvalue weighted by atomic mass is 35.5. The van der Waals surface area contributed by atoms with E-state index < -0.39 is 0 Å². The van der Waals surface area contributed by atoms with Gasteiger partial charge in [-0.05, 0) is 30.2 Å². The predicted molar refractivity (Wildman–Crippen MR) is 98.2 cm³/mol. The third kappa shape index (κ3) is 3.83. The first-order valence-corrected chi connectivity index (χ1v) is 9.02. The highest BCUT2D eigenvalue weighted by molar-refractivity contribution is 7.99. The third-order valence-corrected chi connectivity index (χ3v) is 4.77. The molecule has 1 aromatic carbocycles. The summed E-state index contributed by atoms with van der Waals surface area (Å²) in [6, 6.07) is 9.40. The fourth-order valence-electron chi connectivity index (χ4n) is 2.20. The summed E-state index contributed by atoms with van der Waals surface area (Å²) in [6.45, 7) is 2.07. The van der Waals surface area contributed by atoms with Crippen LogP contribution < -0.4 is 5.32 Å². The van der Waals surface area contributed by atoms with E-state index in [0.29, 0.717) is 20.8 Å². The van der Waals surface area contributed by atoms with Crippen LogP contribution in [0.4, 0.5) is 5.69 Å². The van der Waals surface area contributed by atoms with E-state index in [1.54, 1.807) is 16.7 Å². The average molecular weight is 381 g/mol. The number of aromatic nitrogens is 3. The second-order valence-electron chi connectivity index (χ2n) is 5.07. The molecule has 0 radical (unpaired) electrons. The summed E-state index contributed by atoms with van der Waals surface area (Å²) in [6.07, 6.45) is 2.60. The number of hydrogen-bond acceptors (Lipinski definition) is 4. The summed E-state index contributed by atoms with van der Waals surface area (Å²) in [4.78, 5) is 12.1. The van der Waals surface area contributed by atoms with Crippen molar-refractivity contribution in [3.05, 3.63) is 52.1 Å². The minimum absolute atomic E-state index is 0.113. The van der Waals surface area contributed by atoms with Gasteiger partial charge < -0.3 is 5.32 Å². The van der Waals surface area contributed by atoms with E-state index in [0.717, 1.165) is 12.1 Å². The first-order valence-electron chi connectivity index (χ1n) is 7.28. The summed E-state index contributed by atoms with van der Waals surface area (Å²) in [5.74, 6) is 0.0968. The molecule has 1 amide bonds. The number of nitrogens with one attached hydrogen (secondary N) is 1. The van der Waals surface area contributed by atoms with Gasteiger partial charge in [-0.3, -0.25) is 9.20 Å². The van der Waals surface area contributed by atoms with Crippen LogP contribution in [0.2, 0.25) is 10.0 Å². The van der Waals surface area contributed by atoms with Crippen molar-refractivity contribution < 1.29 is 4.79 Å². The molecule has 0 unspecified atom stereocenters. The molecule has 1 N–H and O–H groups in total. The minimum atomic E-state index is -0.113. The number of fused-ring (bicyclic) bond motifs is 1. The number of carbonyl (C=O) groups excluding carboxylic acids is 1. The molecule has 0 aliphatic rings. The summed E-state index contributed by atoms with van der Waals surface area (Å²) >= 11 is 13.4. The molecule has 0 spiro atoms. The second-order valence-corrected chi connectivity index (χ2v) is 6.86. The lowest BCUT2D eigenvalue weighted by atomic mass is 10.1. The summed E-state index contributed by atoms with van der Waals surface area (Å²) in [7, 11) is 0. The Labute approximate surface area is 153 Å². The van der Waals surface area contributed by atoms with Crippen molar-refractivity contribution in [1.29, 1.82) is 0 Å². The van der Waals surface area contributed by atoms with Crippen LogP contribution >= 0.6 is 35.0 Å². The van der Waals surface area contributed by atoms with E-state index in [4.69, 9.17) is 23.2 Å². The van der Waals surface area contributed by atoms with Crippen molar-refractivity contribution >= 4 is 52.2 Å². The van der Waals surface area contributed by atoms with Crippen LogP contribution in [0.25, 0.3) is 5.65 Å². The number of thioether (sulfide) groups is 1. The first kappa shape index (κ1) is 17.1. The van der Waals surface area contributed by atoms with Crippen LogP contribution in [0.5, 0.6) is 0 Å². The molecular weight excluding hydrogens is 367 g/mol. The lowest BCUT2D eigenvalue weighted by Gasteiger charge is -2.06. The maximum Gasteiger partial charge on any atom is 0.234 e. The number of hydrogen-bond donors (Lipinski definition) is 1. The van der Waals surface area contributed by atoms with Crippen LogP contribution in [0.15, 0.2) is 41.7 Å². The van der Waals surface area contributed by atoms with E-state index in [9.17, 15) is 4.79 Å². The van der Waals surface area contributed by atoms with Gasteiger partial charge in [0.15, 0.2) is 10.8 Å². The Morgan fingerprint density at radius 2 is 2.12 bits per heavy atom. The SMILES string of the molecule is CCc1cccc(NC(=O)CSc2nnc3c(Cl)cc(Cl)cn23)c1. The van der Waals surface area contributed by atoms with Gasteiger partial charge in [-0.25, -0.2) is 0 Å². The van der Waals surface area contributed by atoms with E-state index >= 15 is 0 Å². The maximum absolute atomic E-state index is 12.1. The Morgan fingerprint density at radius 3 is 2.92 bits per heavy atom. The largest absolute Gasteiger partial charge is 0.325 e. The molecule has 124 valence electrons. The molecule has 0 fully saturated rings. The molecule has 0 aliphatic heterocycles. The number of nitrogens with zero attached hydrogens (tertiary/aromatic N) is 3. The normalized spacial score (nSPS) is 11.0. The molecule has 2 heterocycles. The van der Waals surface area contributed by atoms with Gasteiger partial charge in [-0.2, -0.15) is 0 Å². The number of benzene rings is 1. The van der Waals surface area contributed by atoms with Gasteiger partial charge in [0.05, 0.1) is 15.8 Å². The van der Waals surface area contributed by atoms with Crippen LogP contribution in [0, 0.1) is 0 Å². The zero-order valence-electron chi connectivity index (χ0n) is 12.8. The number of amides is 1. The van der Waals surface area contributed by atoms with E-state index in [-0.39, 0.29) is 11.7 Å². The Bertz CT molecular complexity index is 897. The van der Waals surface area contributed by atoms with Crippen LogP contribution in [0.3, 0.4) is 0 Å². The smallest absolute Gasteiger partial charge is 0.234 e. The molecule has 0 atom stereocenters. The zero-order chi connectivity index (χ0) is 17.1. The number of anilines is 1. The van der Waals surface area contributed by atoms with Crippen LogP contribution in [-0.4, -0.2) is 26.3 Å². The van der Waals surface area contributed by atoms with Gasteiger partial charge in [-0.15, -0.1) is 10.2 Å². The highest BCUT2D eigenvalue weighted by Gasteiger charge is 2.12. The standard InChI is InChI=1S/C16H14Cl2N4OS/c1-2-10-4-3-5-12(6-10)19-14(23)9-24-16-21-20-15-13(18)7-11(17)8-22(15)16/h3-8H,2,9H2,1H3,(H,19,23). The number of halogens is 2. The minimum Gasteiger partial charge on any atom is -0.325 e.